The third kappa shape index (κ3) is 3.86. The molecule has 0 atom stereocenters. The van der Waals surface area contributed by atoms with Gasteiger partial charge in [-0.1, -0.05) is 42.5 Å². The lowest BCUT2D eigenvalue weighted by Crippen LogP contribution is -2.34. The van der Waals surface area contributed by atoms with Gasteiger partial charge in [0.2, 0.25) is 0 Å². The van der Waals surface area contributed by atoms with Crippen molar-refractivity contribution in [3.8, 4) is 0 Å². The molecule has 1 aliphatic heterocycles. The zero-order chi connectivity index (χ0) is 15.4. The van der Waals surface area contributed by atoms with E-state index in [4.69, 9.17) is 23.2 Å². The lowest BCUT2D eigenvalue weighted by atomic mass is 10.1. The third-order valence-corrected chi connectivity index (χ3v) is 4.40. The van der Waals surface area contributed by atoms with Gasteiger partial charge in [-0.2, -0.15) is 0 Å². The van der Waals surface area contributed by atoms with Crippen LogP contribution in [0, 0.1) is 10.1 Å². The Morgan fingerprint density at radius 1 is 1.10 bits per heavy atom. The monoisotopic (exact) mass is 330 g/mol. The van der Waals surface area contributed by atoms with Crippen LogP contribution in [0.15, 0.2) is 12.1 Å². The Balaban J connectivity index is 2.30. The smallest absolute Gasteiger partial charge is 0.271 e. The van der Waals surface area contributed by atoms with Crippen molar-refractivity contribution < 1.29 is 9.72 Å². The molecule has 0 bridgehead atoms. The van der Waals surface area contributed by atoms with Crippen LogP contribution in [0.1, 0.15) is 42.5 Å². The van der Waals surface area contributed by atoms with Crippen LogP contribution in [-0.2, 0) is 0 Å². The van der Waals surface area contributed by atoms with Gasteiger partial charge in [0.1, 0.15) is 0 Å². The largest absolute Gasteiger partial charge is 0.339 e. The Morgan fingerprint density at radius 3 is 2.24 bits per heavy atom. The molecule has 1 aliphatic rings. The van der Waals surface area contributed by atoms with Crippen LogP contribution in [0.4, 0.5) is 5.69 Å². The quantitative estimate of drug-likeness (QED) is 0.599. The number of hydrogen-bond donors (Lipinski definition) is 0. The van der Waals surface area contributed by atoms with Crippen molar-refractivity contribution in [1.29, 1.82) is 0 Å². The summed E-state index contributed by atoms with van der Waals surface area (Å²) >= 11 is 12.0. The Morgan fingerprint density at radius 2 is 1.67 bits per heavy atom. The van der Waals surface area contributed by atoms with E-state index in [1.807, 2.05) is 0 Å². The van der Waals surface area contributed by atoms with Gasteiger partial charge in [-0.25, -0.2) is 0 Å². The molecule has 0 aliphatic carbocycles. The van der Waals surface area contributed by atoms with Gasteiger partial charge in [0, 0.05) is 25.2 Å². The number of amides is 1. The van der Waals surface area contributed by atoms with Crippen LogP contribution in [-0.4, -0.2) is 28.8 Å². The number of non-ortho nitro benzene ring substituents is 1. The highest BCUT2D eigenvalue weighted by Crippen LogP contribution is 2.32. The van der Waals surface area contributed by atoms with E-state index in [0.29, 0.717) is 13.1 Å². The fourth-order valence-corrected chi connectivity index (χ4v) is 2.86. The van der Waals surface area contributed by atoms with Gasteiger partial charge >= 0.3 is 0 Å². The molecule has 0 spiro atoms. The fraction of sp³-hybridized carbons (Fsp3) is 0.500. The van der Waals surface area contributed by atoms with Gasteiger partial charge in [-0.05, 0) is 12.8 Å². The standard InChI is InChI=1S/C14H16Cl2N2O3/c15-12-9-10(18(20)21)8-11(13(12)16)14(19)17-6-4-2-1-3-5-7-17/h8-9H,1-7H2. The third-order valence-electron chi connectivity index (χ3n) is 3.60. The number of carbonyl (C=O) groups excluding carboxylic acids is 1. The predicted molar refractivity (Wildman–Crippen MR) is 82.1 cm³/mol. The summed E-state index contributed by atoms with van der Waals surface area (Å²) in [7, 11) is 0. The highest BCUT2D eigenvalue weighted by molar-refractivity contribution is 6.44. The number of likely N-dealkylation sites (tertiary alicyclic amines) is 1. The zero-order valence-electron chi connectivity index (χ0n) is 11.5. The summed E-state index contributed by atoms with van der Waals surface area (Å²) in [6.07, 6.45) is 5.24. The van der Waals surface area contributed by atoms with E-state index >= 15 is 0 Å². The minimum Gasteiger partial charge on any atom is -0.339 e. The van der Waals surface area contributed by atoms with Crippen LogP contribution in [0.2, 0.25) is 10.0 Å². The number of carbonyl (C=O) groups is 1. The Bertz CT molecular complexity index is 555. The predicted octanol–water partition coefficient (Wildman–Crippen LogP) is 4.31. The number of nitro benzene ring substituents is 1. The molecule has 0 aromatic heterocycles. The summed E-state index contributed by atoms with van der Waals surface area (Å²) < 4.78 is 0. The molecule has 5 nitrogen and oxygen atoms in total. The Labute approximate surface area is 133 Å². The molecule has 7 heteroatoms. The summed E-state index contributed by atoms with van der Waals surface area (Å²) in [4.78, 5) is 24.6. The lowest BCUT2D eigenvalue weighted by Gasteiger charge is -2.25. The second-order valence-electron chi connectivity index (χ2n) is 5.11. The van der Waals surface area contributed by atoms with Crippen LogP contribution in [0.3, 0.4) is 0 Å². The van der Waals surface area contributed by atoms with Crippen molar-refractivity contribution >= 4 is 34.8 Å². The molecule has 1 amide bonds. The van der Waals surface area contributed by atoms with Crippen LogP contribution >= 0.6 is 23.2 Å². The number of halogens is 2. The van der Waals surface area contributed by atoms with E-state index in [-0.39, 0.29) is 27.2 Å². The van der Waals surface area contributed by atoms with Gasteiger partial charge in [-0.3, -0.25) is 14.9 Å². The number of benzene rings is 1. The molecule has 0 radical (unpaired) electrons. The van der Waals surface area contributed by atoms with Gasteiger partial charge in [0.25, 0.3) is 11.6 Å². The molecular formula is C14H16Cl2N2O3. The molecule has 0 N–H and O–H groups in total. The molecule has 1 aromatic carbocycles. The number of nitrogens with zero attached hydrogens (tertiary/aromatic N) is 2. The van der Waals surface area contributed by atoms with E-state index < -0.39 is 4.92 Å². The molecule has 114 valence electrons. The van der Waals surface area contributed by atoms with Crippen molar-refractivity contribution in [2.75, 3.05) is 13.1 Å². The molecule has 0 saturated carbocycles. The van der Waals surface area contributed by atoms with Crippen molar-refractivity contribution in [2.45, 2.75) is 32.1 Å². The van der Waals surface area contributed by atoms with E-state index in [2.05, 4.69) is 0 Å². The minimum absolute atomic E-state index is 0.0289. The first-order valence-corrected chi connectivity index (χ1v) is 7.69. The zero-order valence-corrected chi connectivity index (χ0v) is 13.0. The summed E-state index contributed by atoms with van der Waals surface area (Å²) in [5.74, 6) is -0.285. The van der Waals surface area contributed by atoms with Crippen LogP contribution in [0.5, 0.6) is 0 Å². The Hall–Kier alpha value is -1.33. The van der Waals surface area contributed by atoms with Gasteiger partial charge in [0.15, 0.2) is 0 Å². The number of nitro groups is 1. The maximum absolute atomic E-state index is 12.6. The summed E-state index contributed by atoms with van der Waals surface area (Å²) in [5.41, 5.74) is -0.115. The fourth-order valence-electron chi connectivity index (χ4n) is 2.46. The van der Waals surface area contributed by atoms with Crippen molar-refractivity contribution in [3.05, 3.63) is 37.9 Å². The van der Waals surface area contributed by atoms with Crippen molar-refractivity contribution in [2.24, 2.45) is 0 Å². The summed E-state index contributed by atoms with van der Waals surface area (Å²) in [6, 6.07) is 2.36. The first kappa shape index (κ1) is 16.0. The van der Waals surface area contributed by atoms with Crippen molar-refractivity contribution in [3.63, 3.8) is 0 Å². The summed E-state index contributed by atoms with van der Waals surface area (Å²) in [6.45, 7) is 1.30. The Kier molecular flexibility index (Phi) is 5.42. The normalized spacial score (nSPS) is 16.2. The molecule has 1 aromatic rings. The van der Waals surface area contributed by atoms with Crippen LogP contribution in [0.25, 0.3) is 0 Å². The molecule has 1 fully saturated rings. The minimum atomic E-state index is -0.577. The highest BCUT2D eigenvalue weighted by atomic mass is 35.5. The average molecular weight is 331 g/mol. The second-order valence-corrected chi connectivity index (χ2v) is 5.89. The van der Waals surface area contributed by atoms with Gasteiger partial charge < -0.3 is 4.90 Å². The van der Waals surface area contributed by atoms with Crippen LogP contribution < -0.4 is 0 Å². The number of rotatable bonds is 2. The van der Waals surface area contributed by atoms with Crippen molar-refractivity contribution in [1.82, 2.24) is 4.90 Å². The van der Waals surface area contributed by atoms with E-state index in [1.54, 1.807) is 4.90 Å². The SMILES string of the molecule is O=C(c1cc([N+](=O)[O-])cc(Cl)c1Cl)N1CCCCCCC1. The molecule has 1 heterocycles. The maximum atomic E-state index is 12.6. The van der Waals surface area contributed by atoms with Gasteiger partial charge in [0.05, 0.1) is 20.5 Å². The van der Waals surface area contributed by atoms with Gasteiger partial charge in [-0.15, -0.1) is 0 Å². The summed E-state index contributed by atoms with van der Waals surface area (Å²) in [5, 5.41) is 11.0. The lowest BCUT2D eigenvalue weighted by molar-refractivity contribution is -0.384. The average Bonchev–Trinajstić information content (AvgIpc) is 2.40. The first-order valence-electron chi connectivity index (χ1n) is 6.93. The molecular weight excluding hydrogens is 315 g/mol. The van der Waals surface area contributed by atoms with E-state index in [0.717, 1.165) is 31.7 Å². The second kappa shape index (κ2) is 7.09. The molecule has 0 unspecified atom stereocenters. The topological polar surface area (TPSA) is 63.4 Å². The number of hydrogen-bond acceptors (Lipinski definition) is 3. The molecule has 21 heavy (non-hydrogen) atoms. The van der Waals surface area contributed by atoms with E-state index in [9.17, 15) is 14.9 Å². The highest BCUT2D eigenvalue weighted by Gasteiger charge is 2.23. The first-order chi connectivity index (χ1) is 10.0. The molecule has 1 saturated heterocycles. The molecule has 2 rings (SSSR count). The maximum Gasteiger partial charge on any atom is 0.271 e. The van der Waals surface area contributed by atoms with E-state index in [1.165, 1.54) is 12.5 Å².